The van der Waals surface area contributed by atoms with Crippen LogP contribution in [0.3, 0.4) is 0 Å². The molecule has 1 aromatic carbocycles. The zero-order valence-electron chi connectivity index (χ0n) is 10.3. The average molecular weight is 237 g/mol. The summed E-state index contributed by atoms with van der Waals surface area (Å²) < 4.78 is 14.0. The Morgan fingerprint density at radius 1 is 1.35 bits per heavy atom. The molecule has 0 aliphatic heterocycles. The van der Waals surface area contributed by atoms with E-state index >= 15 is 0 Å². The summed E-state index contributed by atoms with van der Waals surface area (Å²) in [5, 5.41) is 9.34. The highest BCUT2D eigenvalue weighted by molar-refractivity contribution is 5.55. The van der Waals surface area contributed by atoms with Gasteiger partial charge in [-0.3, -0.25) is 0 Å². The number of halogens is 1. The van der Waals surface area contributed by atoms with Crippen molar-refractivity contribution in [3.63, 3.8) is 0 Å². The Morgan fingerprint density at radius 2 is 2.06 bits per heavy atom. The van der Waals surface area contributed by atoms with Crippen molar-refractivity contribution in [2.45, 2.75) is 45.3 Å². The minimum atomic E-state index is -0.217. The molecule has 1 fully saturated rings. The first kappa shape index (κ1) is 12.4. The molecular formula is C14H20FNO. The molecule has 0 heterocycles. The molecule has 17 heavy (non-hydrogen) atoms. The van der Waals surface area contributed by atoms with Crippen molar-refractivity contribution in [2.75, 3.05) is 11.4 Å². The average Bonchev–Trinajstić information content (AvgIpc) is 2.86. The van der Waals surface area contributed by atoms with Gasteiger partial charge in [0.1, 0.15) is 5.82 Å². The van der Waals surface area contributed by atoms with Crippen molar-refractivity contribution >= 4 is 5.69 Å². The number of para-hydroxylation sites is 1. The number of hydrogen-bond acceptors (Lipinski definition) is 2. The second-order valence-corrected chi connectivity index (χ2v) is 4.63. The lowest BCUT2D eigenvalue weighted by Gasteiger charge is -2.31. The number of aliphatic hydroxyl groups is 1. The molecule has 1 saturated carbocycles. The summed E-state index contributed by atoms with van der Waals surface area (Å²) in [4.78, 5) is 2.12. The van der Waals surface area contributed by atoms with E-state index in [0.29, 0.717) is 17.3 Å². The lowest BCUT2D eigenvalue weighted by atomic mass is 10.1. The topological polar surface area (TPSA) is 23.5 Å². The van der Waals surface area contributed by atoms with Crippen molar-refractivity contribution in [1.82, 2.24) is 0 Å². The monoisotopic (exact) mass is 237 g/mol. The third-order valence-electron chi connectivity index (χ3n) is 3.63. The summed E-state index contributed by atoms with van der Waals surface area (Å²) in [5.41, 5.74) is 1.29. The number of aliphatic hydroxyl groups excluding tert-OH is 1. The van der Waals surface area contributed by atoms with Gasteiger partial charge in [0.25, 0.3) is 0 Å². The summed E-state index contributed by atoms with van der Waals surface area (Å²) in [5.74, 6) is -0.217. The fraction of sp³-hybridized carbons (Fsp3) is 0.571. The van der Waals surface area contributed by atoms with Gasteiger partial charge in [0.05, 0.1) is 12.3 Å². The van der Waals surface area contributed by atoms with E-state index in [-0.39, 0.29) is 12.4 Å². The van der Waals surface area contributed by atoms with E-state index < -0.39 is 0 Å². The Hall–Kier alpha value is -1.09. The first-order chi connectivity index (χ1) is 8.27. The van der Waals surface area contributed by atoms with E-state index in [0.717, 1.165) is 19.4 Å². The van der Waals surface area contributed by atoms with Gasteiger partial charge < -0.3 is 10.0 Å². The van der Waals surface area contributed by atoms with Crippen LogP contribution in [0.5, 0.6) is 0 Å². The minimum absolute atomic E-state index is 0.101. The van der Waals surface area contributed by atoms with E-state index in [9.17, 15) is 9.50 Å². The molecule has 0 bridgehead atoms. The van der Waals surface area contributed by atoms with Gasteiger partial charge in [-0.05, 0) is 25.8 Å². The van der Waals surface area contributed by atoms with Gasteiger partial charge in [-0.15, -0.1) is 0 Å². The van der Waals surface area contributed by atoms with Crippen LogP contribution in [0.1, 0.15) is 38.2 Å². The summed E-state index contributed by atoms with van der Waals surface area (Å²) in [6, 6.07) is 5.37. The van der Waals surface area contributed by atoms with Gasteiger partial charge in [0, 0.05) is 18.2 Å². The molecule has 0 atom stereocenters. The first-order valence-corrected chi connectivity index (χ1v) is 6.42. The lowest BCUT2D eigenvalue weighted by molar-refractivity contribution is 0.281. The summed E-state index contributed by atoms with van der Waals surface area (Å²) in [6.45, 7) is 2.74. The predicted octanol–water partition coefficient (Wildman–Crippen LogP) is 3.09. The highest BCUT2D eigenvalue weighted by atomic mass is 19.1. The molecule has 2 rings (SSSR count). The highest BCUT2D eigenvalue weighted by Crippen LogP contribution is 2.32. The SMILES string of the molecule is CCN(c1c(F)cccc1CO)C1CCCC1. The third-order valence-corrected chi connectivity index (χ3v) is 3.63. The Labute approximate surface area is 102 Å². The van der Waals surface area contributed by atoms with Crippen LogP contribution in [0.25, 0.3) is 0 Å². The van der Waals surface area contributed by atoms with Gasteiger partial charge in [0.15, 0.2) is 0 Å². The maximum atomic E-state index is 14.0. The van der Waals surface area contributed by atoms with E-state index in [4.69, 9.17) is 0 Å². The van der Waals surface area contributed by atoms with Crippen molar-refractivity contribution in [2.24, 2.45) is 0 Å². The molecule has 1 aliphatic rings. The van der Waals surface area contributed by atoms with Gasteiger partial charge in [-0.1, -0.05) is 25.0 Å². The zero-order chi connectivity index (χ0) is 12.3. The molecule has 94 valence electrons. The highest BCUT2D eigenvalue weighted by Gasteiger charge is 2.25. The summed E-state index contributed by atoms with van der Waals surface area (Å²) in [7, 11) is 0. The Morgan fingerprint density at radius 3 is 2.65 bits per heavy atom. The quantitative estimate of drug-likeness (QED) is 0.870. The van der Waals surface area contributed by atoms with Gasteiger partial charge in [0.2, 0.25) is 0 Å². The van der Waals surface area contributed by atoms with Crippen LogP contribution >= 0.6 is 0 Å². The summed E-state index contributed by atoms with van der Waals surface area (Å²) in [6.07, 6.45) is 4.72. The largest absolute Gasteiger partial charge is 0.392 e. The second kappa shape index (κ2) is 5.50. The normalized spacial score (nSPS) is 16.4. The molecule has 1 N–H and O–H groups in total. The van der Waals surface area contributed by atoms with Crippen LogP contribution in [0.2, 0.25) is 0 Å². The maximum absolute atomic E-state index is 14.0. The molecule has 1 aromatic rings. The van der Waals surface area contributed by atoms with Crippen molar-refractivity contribution < 1.29 is 9.50 Å². The van der Waals surface area contributed by atoms with Crippen molar-refractivity contribution in [3.05, 3.63) is 29.6 Å². The fourth-order valence-electron chi connectivity index (χ4n) is 2.82. The molecule has 3 heteroatoms. The first-order valence-electron chi connectivity index (χ1n) is 6.42. The molecule has 0 unspecified atom stereocenters. The maximum Gasteiger partial charge on any atom is 0.146 e. The van der Waals surface area contributed by atoms with E-state index in [1.54, 1.807) is 12.1 Å². The molecule has 0 aromatic heterocycles. The van der Waals surface area contributed by atoms with Crippen LogP contribution in [-0.2, 0) is 6.61 Å². The minimum Gasteiger partial charge on any atom is -0.392 e. The van der Waals surface area contributed by atoms with Crippen LogP contribution in [0.15, 0.2) is 18.2 Å². The van der Waals surface area contributed by atoms with Crippen LogP contribution in [0.4, 0.5) is 10.1 Å². The number of rotatable bonds is 4. The summed E-state index contributed by atoms with van der Waals surface area (Å²) >= 11 is 0. The van der Waals surface area contributed by atoms with Gasteiger partial charge in [-0.25, -0.2) is 4.39 Å². The number of hydrogen-bond donors (Lipinski definition) is 1. The number of nitrogens with zero attached hydrogens (tertiary/aromatic N) is 1. The molecule has 0 spiro atoms. The predicted molar refractivity (Wildman–Crippen MR) is 67.6 cm³/mol. The Kier molecular flexibility index (Phi) is 4.00. The number of benzene rings is 1. The Balaban J connectivity index is 2.35. The molecular weight excluding hydrogens is 217 g/mol. The smallest absolute Gasteiger partial charge is 0.146 e. The van der Waals surface area contributed by atoms with Crippen LogP contribution in [-0.4, -0.2) is 17.7 Å². The molecule has 0 radical (unpaired) electrons. The number of anilines is 1. The standard InChI is InChI=1S/C14H20FNO/c1-2-16(12-7-3-4-8-12)14-11(10-17)6-5-9-13(14)15/h5-6,9,12,17H,2-4,7-8,10H2,1H3. The third kappa shape index (κ3) is 2.44. The Bertz CT molecular complexity index is 374. The van der Waals surface area contributed by atoms with Crippen LogP contribution in [0, 0.1) is 5.82 Å². The van der Waals surface area contributed by atoms with E-state index in [2.05, 4.69) is 4.90 Å². The second-order valence-electron chi connectivity index (χ2n) is 4.63. The molecule has 0 saturated heterocycles. The van der Waals surface area contributed by atoms with Crippen molar-refractivity contribution in [1.29, 1.82) is 0 Å². The molecule has 2 nitrogen and oxygen atoms in total. The molecule has 1 aliphatic carbocycles. The van der Waals surface area contributed by atoms with E-state index in [1.165, 1.54) is 18.9 Å². The van der Waals surface area contributed by atoms with Crippen LogP contribution < -0.4 is 4.90 Å². The van der Waals surface area contributed by atoms with Gasteiger partial charge >= 0.3 is 0 Å². The lowest BCUT2D eigenvalue weighted by Crippen LogP contribution is -2.34. The van der Waals surface area contributed by atoms with Crippen molar-refractivity contribution in [3.8, 4) is 0 Å². The zero-order valence-corrected chi connectivity index (χ0v) is 10.3. The fourth-order valence-corrected chi connectivity index (χ4v) is 2.82. The van der Waals surface area contributed by atoms with E-state index in [1.807, 2.05) is 6.92 Å². The van der Waals surface area contributed by atoms with Gasteiger partial charge in [-0.2, -0.15) is 0 Å². The molecule has 0 amide bonds.